The lowest BCUT2D eigenvalue weighted by atomic mass is 10.1. The molecule has 15 heavy (non-hydrogen) atoms. The minimum Gasteiger partial charge on any atom is -0.457 e. The van der Waals surface area contributed by atoms with Crippen LogP contribution in [-0.4, -0.2) is 22.0 Å². The highest BCUT2D eigenvalue weighted by Gasteiger charge is 2.20. The molecular formula is C9H11BrN4O. The Labute approximate surface area is 95.6 Å². The van der Waals surface area contributed by atoms with Gasteiger partial charge in [-0.2, -0.15) is 0 Å². The Morgan fingerprint density at radius 1 is 1.60 bits per heavy atom. The highest BCUT2D eigenvalue weighted by molar-refractivity contribution is 9.10. The highest BCUT2D eigenvalue weighted by atomic mass is 79.9. The van der Waals surface area contributed by atoms with Crippen LogP contribution >= 0.6 is 15.9 Å². The van der Waals surface area contributed by atoms with Gasteiger partial charge in [0.15, 0.2) is 4.67 Å². The summed E-state index contributed by atoms with van der Waals surface area (Å²) in [4.78, 5) is 0. The largest absolute Gasteiger partial charge is 0.457 e. The summed E-state index contributed by atoms with van der Waals surface area (Å²) < 4.78 is 7.67. The molecule has 0 amide bonds. The van der Waals surface area contributed by atoms with Gasteiger partial charge in [0.05, 0.1) is 24.2 Å². The molecule has 0 aliphatic rings. The fourth-order valence-corrected chi connectivity index (χ4v) is 2.00. The van der Waals surface area contributed by atoms with E-state index in [-0.39, 0.29) is 6.04 Å². The van der Waals surface area contributed by atoms with Crippen molar-refractivity contribution in [2.24, 2.45) is 7.05 Å². The van der Waals surface area contributed by atoms with Gasteiger partial charge in [-0.05, 0) is 29.0 Å². The van der Waals surface area contributed by atoms with Gasteiger partial charge in [0.1, 0.15) is 0 Å². The first kappa shape index (κ1) is 10.4. The number of furan rings is 1. The molecule has 1 unspecified atom stereocenters. The highest BCUT2D eigenvalue weighted by Crippen LogP contribution is 2.28. The maximum atomic E-state index is 5.21. The molecule has 0 aliphatic heterocycles. The van der Waals surface area contributed by atoms with Crippen LogP contribution in [0.2, 0.25) is 0 Å². The summed E-state index contributed by atoms with van der Waals surface area (Å²) in [7, 11) is 3.75. The Morgan fingerprint density at radius 2 is 2.40 bits per heavy atom. The molecule has 0 radical (unpaired) electrons. The van der Waals surface area contributed by atoms with Gasteiger partial charge in [0, 0.05) is 12.6 Å². The van der Waals surface area contributed by atoms with Crippen LogP contribution in [0.15, 0.2) is 27.6 Å². The number of hydrogen-bond donors (Lipinski definition) is 1. The third kappa shape index (κ3) is 1.82. The third-order valence-corrected chi connectivity index (χ3v) is 2.94. The average Bonchev–Trinajstić information content (AvgIpc) is 2.80. The van der Waals surface area contributed by atoms with E-state index < -0.39 is 0 Å². The molecule has 6 heteroatoms. The van der Waals surface area contributed by atoms with E-state index in [0.717, 1.165) is 15.9 Å². The monoisotopic (exact) mass is 270 g/mol. The van der Waals surface area contributed by atoms with Crippen LogP contribution in [0.4, 0.5) is 0 Å². The molecular weight excluding hydrogens is 260 g/mol. The van der Waals surface area contributed by atoms with E-state index >= 15 is 0 Å². The summed E-state index contributed by atoms with van der Waals surface area (Å²) in [6.45, 7) is 0. The van der Waals surface area contributed by atoms with Crippen LogP contribution in [0.5, 0.6) is 0 Å². The fraction of sp³-hybridized carbons (Fsp3) is 0.333. The van der Waals surface area contributed by atoms with Crippen molar-refractivity contribution in [1.29, 1.82) is 0 Å². The Balaban J connectivity index is 2.41. The number of hydrogen-bond acceptors (Lipinski definition) is 4. The molecule has 5 nitrogen and oxygen atoms in total. The van der Waals surface area contributed by atoms with Crippen molar-refractivity contribution in [2.75, 3.05) is 7.05 Å². The van der Waals surface area contributed by atoms with Gasteiger partial charge in [-0.3, -0.25) is 4.68 Å². The Hall–Kier alpha value is -1.14. The van der Waals surface area contributed by atoms with Crippen LogP contribution in [-0.2, 0) is 7.05 Å². The lowest BCUT2D eigenvalue weighted by Crippen LogP contribution is -2.20. The summed E-state index contributed by atoms with van der Waals surface area (Å²) in [5.74, 6) is 0. The van der Waals surface area contributed by atoms with Gasteiger partial charge < -0.3 is 9.73 Å². The standard InChI is InChI=1S/C9H11BrN4O/c1-11-8(6-3-4-15-9(6)10)7-5-12-13-14(7)2/h3-5,8,11H,1-2H3. The van der Waals surface area contributed by atoms with Crippen molar-refractivity contribution >= 4 is 15.9 Å². The zero-order chi connectivity index (χ0) is 10.8. The fourth-order valence-electron chi connectivity index (χ4n) is 1.53. The van der Waals surface area contributed by atoms with Gasteiger partial charge in [-0.25, -0.2) is 0 Å². The smallest absolute Gasteiger partial charge is 0.174 e. The minimum atomic E-state index is 0.0260. The lowest BCUT2D eigenvalue weighted by molar-refractivity contribution is 0.524. The first-order valence-corrected chi connectivity index (χ1v) is 5.28. The molecule has 2 aromatic heterocycles. The first-order valence-electron chi connectivity index (χ1n) is 4.48. The predicted molar refractivity (Wildman–Crippen MR) is 58.3 cm³/mol. The molecule has 80 valence electrons. The average molecular weight is 271 g/mol. The molecule has 1 N–H and O–H groups in total. The normalized spacial score (nSPS) is 13.0. The van der Waals surface area contributed by atoms with Crippen molar-refractivity contribution in [1.82, 2.24) is 20.3 Å². The maximum Gasteiger partial charge on any atom is 0.174 e. The SMILES string of the molecule is CNC(c1ccoc1Br)c1cnnn1C. The Morgan fingerprint density at radius 3 is 2.87 bits per heavy atom. The van der Waals surface area contributed by atoms with E-state index in [1.54, 1.807) is 17.1 Å². The van der Waals surface area contributed by atoms with Crippen LogP contribution in [0.3, 0.4) is 0 Å². The molecule has 0 aromatic carbocycles. The summed E-state index contributed by atoms with van der Waals surface area (Å²) in [5, 5.41) is 11.0. The van der Waals surface area contributed by atoms with E-state index in [2.05, 4.69) is 31.6 Å². The van der Waals surface area contributed by atoms with E-state index in [1.807, 2.05) is 20.2 Å². The number of halogens is 1. The molecule has 1 atom stereocenters. The second kappa shape index (κ2) is 4.16. The van der Waals surface area contributed by atoms with Gasteiger partial charge in [0.2, 0.25) is 0 Å². The van der Waals surface area contributed by atoms with Gasteiger partial charge >= 0.3 is 0 Å². The molecule has 0 spiro atoms. The van der Waals surface area contributed by atoms with E-state index in [9.17, 15) is 0 Å². The topological polar surface area (TPSA) is 55.9 Å². The predicted octanol–water partition coefficient (Wildman–Crippen LogP) is 1.48. The van der Waals surface area contributed by atoms with E-state index in [1.165, 1.54) is 0 Å². The Bertz CT molecular complexity index is 410. The Kier molecular flexibility index (Phi) is 2.88. The maximum absolute atomic E-state index is 5.21. The van der Waals surface area contributed by atoms with Crippen molar-refractivity contribution in [3.63, 3.8) is 0 Å². The molecule has 0 aliphatic carbocycles. The van der Waals surface area contributed by atoms with Crippen molar-refractivity contribution in [2.45, 2.75) is 6.04 Å². The number of nitrogens with zero attached hydrogens (tertiary/aromatic N) is 3. The zero-order valence-electron chi connectivity index (χ0n) is 8.44. The first-order chi connectivity index (χ1) is 7.24. The lowest BCUT2D eigenvalue weighted by Gasteiger charge is -2.14. The third-order valence-electron chi connectivity index (χ3n) is 2.29. The number of aromatic nitrogens is 3. The van der Waals surface area contributed by atoms with Gasteiger partial charge in [0.25, 0.3) is 0 Å². The molecule has 0 fully saturated rings. The van der Waals surface area contributed by atoms with Crippen LogP contribution in [0, 0.1) is 0 Å². The molecule has 2 rings (SSSR count). The number of nitrogens with one attached hydrogen (secondary N) is 1. The molecule has 0 saturated carbocycles. The molecule has 2 heterocycles. The second-order valence-corrected chi connectivity index (χ2v) is 3.87. The number of rotatable bonds is 3. The molecule has 0 saturated heterocycles. The van der Waals surface area contributed by atoms with E-state index in [4.69, 9.17) is 4.42 Å². The summed E-state index contributed by atoms with van der Waals surface area (Å²) in [6, 6.07) is 1.94. The van der Waals surface area contributed by atoms with Crippen molar-refractivity contribution in [3.8, 4) is 0 Å². The van der Waals surface area contributed by atoms with Gasteiger partial charge in [-0.1, -0.05) is 5.21 Å². The zero-order valence-corrected chi connectivity index (χ0v) is 10.0. The minimum absolute atomic E-state index is 0.0260. The summed E-state index contributed by atoms with van der Waals surface area (Å²) >= 11 is 3.36. The van der Waals surface area contributed by atoms with Crippen molar-refractivity contribution < 1.29 is 4.42 Å². The van der Waals surface area contributed by atoms with Crippen LogP contribution < -0.4 is 5.32 Å². The molecule has 2 aromatic rings. The van der Waals surface area contributed by atoms with Crippen LogP contribution in [0.1, 0.15) is 17.3 Å². The summed E-state index contributed by atoms with van der Waals surface area (Å²) in [5.41, 5.74) is 2.02. The summed E-state index contributed by atoms with van der Waals surface area (Å²) in [6.07, 6.45) is 3.38. The number of aryl methyl sites for hydroxylation is 1. The van der Waals surface area contributed by atoms with E-state index in [0.29, 0.717) is 0 Å². The van der Waals surface area contributed by atoms with Crippen LogP contribution in [0.25, 0.3) is 0 Å². The second-order valence-electron chi connectivity index (χ2n) is 3.15. The quantitative estimate of drug-likeness (QED) is 0.918. The van der Waals surface area contributed by atoms with Crippen molar-refractivity contribution in [3.05, 3.63) is 34.5 Å². The molecule has 0 bridgehead atoms. The van der Waals surface area contributed by atoms with Gasteiger partial charge in [-0.15, -0.1) is 5.10 Å².